The Morgan fingerprint density at radius 2 is 1.73 bits per heavy atom. The smallest absolute Gasteiger partial charge is 0.256 e. The Morgan fingerprint density at radius 3 is 2.42 bits per heavy atom. The monoisotopic (exact) mass is 484 g/mol. The average Bonchev–Trinajstić information content (AvgIpc) is 3.52. The molecule has 10 heteroatoms. The first kappa shape index (κ1) is 22.0. The normalized spacial score (nSPS) is 18.4. The number of para-hydroxylation sites is 1. The summed E-state index contributed by atoms with van der Waals surface area (Å²) in [5.74, 6) is 0.823. The van der Waals surface area contributed by atoms with Crippen molar-refractivity contribution < 1.29 is 17.4 Å². The SMILES string of the molecule is Cc1ccccc1-n1nc2c(c1NC(=O)c1ccc(S(=O)(=O)N3CCCC3)cc1)C[S@@](=O)C2. The summed E-state index contributed by atoms with van der Waals surface area (Å²) in [6.45, 7) is 3.02. The summed E-state index contributed by atoms with van der Waals surface area (Å²) in [6.07, 6.45) is 1.73. The zero-order chi connectivity index (χ0) is 23.2. The van der Waals surface area contributed by atoms with Gasteiger partial charge in [-0.3, -0.25) is 9.00 Å². The fourth-order valence-electron chi connectivity index (χ4n) is 4.27. The average molecular weight is 485 g/mol. The van der Waals surface area contributed by atoms with Gasteiger partial charge in [0.25, 0.3) is 5.91 Å². The number of benzene rings is 2. The van der Waals surface area contributed by atoms with Crippen LogP contribution in [-0.4, -0.2) is 45.7 Å². The second kappa shape index (κ2) is 8.51. The van der Waals surface area contributed by atoms with E-state index in [1.807, 2.05) is 31.2 Å². The third kappa shape index (κ3) is 4.03. The summed E-state index contributed by atoms with van der Waals surface area (Å²) in [6, 6.07) is 13.7. The Labute approximate surface area is 195 Å². The van der Waals surface area contributed by atoms with E-state index in [9.17, 15) is 17.4 Å². The topological polar surface area (TPSA) is 101 Å². The Morgan fingerprint density at radius 1 is 1.03 bits per heavy atom. The van der Waals surface area contributed by atoms with Crippen LogP contribution in [0.4, 0.5) is 5.82 Å². The second-order valence-corrected chi connectivity index (χ2v) is 11.7. The maximum atomic E-state index is 13.1. The lowest BCUT2D eigenvalue weighted by atomic mass is 10.2. The molecule has 3 aromatic rings. The number of amides is 1. The number of fused-ring (bicyclic) bond motifs is 1. The van der Waals surface area contributed by atoms with Crippen LogP contribution < -0.4 is 5.32 Å². The highest BCUT2D eigenvalue weighted by Gasteiger charge is 2.30. The first-order chi connectivity index (χ1) is 15.8. The summed E-state index contributed by atoms with van der Waals surface area (Å²) in [4.78, 5) is 13.3. The predicted molar refractivity (Wildman–Crippen MR) is 126 cm³/mol. The van der Waals surface area contributed by atoms with Crippen LogP contribution in [0, 0.1) is 6.92 Å². The van der Waals surface area contributed by atoms with Crippen LogP contribution in [0.2, 0.25) is 0 Å². The van der Waals surface area contributed by atoms with E-state index >= 15 is 0 Å². The van der Waals surface area contributed by atoms with E-state index in [1.54, 1.807) is 4.68 Å². The maximum Gasteiger partial charge on any atom is 0.256 e. The molecule has 2 aliphatic heterocycles. The molecule has 1 amide bonds. The number of rotatable bonds is 5. The van der Waals surface area contributed by atoms with Crippen molar-refractivity contribution in [2.45, 2.75) is 36.2 Å². The molecule has 0 spiro atoms. The van der Waals surface area contributed by atoms with E-state index in [0.29, 0.717) is 36.0 Å². The van der Waals surface area contributed by atoms with Crippen LogP contribution in [0.25, 0.3) is 5.69 Å². The molecular weight excluding hydrogens is 460 g/mol. The van der Waals surface area contributed by atoms with E-state index in [4.69, 9.17) is 0 Å². The number of anilines is 1. The third-order valence-electron chi connectivity index (χ3n) is 6.06. The van der Waals surface area contributed by atoms with Gasteiger partial charge in [-0.05, 0) is 55.7 Å². The zero-order valence-electron chi connectivity index (χ0n) is 18.2. The standard InChI is InChI=1S/C23H24N4O4S2/c1-16-6-2-3-7-21(16)27-22(19-14-32(29)15-20(19)25-27)24-23(28)17-8-10-18(11-9-17)33(30,31)26-12-4-5-13-26/h2-3,6-11H,4-5,12-15H2,1H3,(H,24,28)/t32-/m1/s1. The minimum absolute atomic E-state index is 0.183. The molecule has 1 fully saturated rings. The molecule has 0 radical (unpaired) electrons. The molecule has 2 aromatic carbocycles. The predicted octanol–water partition coefficient (Wildman–Crippen LogP) is 2.98. The lowest BCUT2D eigenvalue weighted by Crippen LogP contribution is -2.27. The van der Waals surface area contributed by atoms with Crippen LogP contribution in [0.15, 0.2) is 53.4 Å². The van der Waals surface area contributed by atoms with Gasteiger partial charge in [0, 0.05) is 35.0 Å². The minimum atomic E-state index is -3.54. The van der Waals surface area contributed by atoms with E-state index < -0.39 is 20.8 Å². The molecule has 1 N–H and O–H groups in total. The van der Waals surface area contributed by atoms with Crippen LogP contribution in [-0.2, 0) is 32.3 Å². The third-order valence-corrected chi connectivity index (χ3v) is 9.18. The van der Waals surface area contributed by atoms with Crippen molar-refractivity contribution in [3.05, 3.63) is 70.9 Å². The van der Waals surface area contributed by atoms with Crippen LogP contribution in [0.5, 0.6) is 0 Å². The number of hydrogen-bond donors (Lipinski definition) is 1. The Hall–Kier alpha value is -2.82. The highest BCUT2D eigenvalue weighted by atomic mass is 32.2. The molecule has 1 aromatic heterocycles. The molecule has 0 saturated carbocycles. The lowest BCUT2D eigenvalue weighted by molar-refractivity contribution is 0.102. The van der Waals surface area contributed by atoms with Crippen LogP contribution in [0.3, 0.4) is 0 Å². The van der Waals surface area contributed by atoms with Gasteiger partial charge in [-0.25, -0.2) is 13.1 Å². The van der Waals surface area contributed by atoms with E-state index in [1.165, 1.54) is 28.6 Å². The second-order valence-electron chi connectivity index (χ2n) is 8.29. The van der Waals surface area contributed by atoms with Gasteiger partial charge in [0.05, 0.1) is 27.8 Å². The molecule has 5 rings (SSSR count). The van der Waals surface area contributed by atoms with Crippen molar-refractivity contribution in [1.82, 2.24) is 14.1 Å². The van der Waals surface area contributed by atoms with Gasteiger partial charge >= 0.3 is 0 Å². The quantitative estimate of drug-likeness (QED) is 0.600. The Kier molecular flexibility index (Phi) is 5.67. The molecule has 172 valence electrons. The van der Waals surface area contributed by atoms with Gasteiger partial charge in [-0.15, -0.1) is 0 Å². The fraction of sp³-hybridized carbons (Fsp3) is 0.304. The summed E-state index contributed by atoms with van der Waals surface area (Å²) < 4.78 is 40.8. The van der Waals surface area contributed by atoms with Crippen molar-refractivity contribution >= 4 is 32.5 Å². The summed E-state index contributed by atoms with van der Waals surface area (Å²) >= 11 is 0. The molecule has 0 unspecified atom stereocenters. The minimum Gasteiger partial charge on any atom is -0.306 e. The number of carbonyl (C=O) groups is 1. The molecule has 3 heterocycles. The fourth-order valence-corrected chi connectivity index (χ4v) is 7.05. The van der Waals surface area contributed by atoms with Gasteiger partial charge in [0.15, 0.2) is 0 Å². The number of carbonyl (C=O) groups excluding carboxylic acids is 1. The van der Waals surface area contributed by atoms with Gasteiger partial charge in [-0.1, -0.05) is 18.2 Å². The Balaban J connectivity index is 1.45. The molecule has 33 heavy (non-hydrogen) atoms. The number of aromatic nitrogens is 2. The number of sulfonamides is 1. The summed E-state index contributed by atoms with van der Waals surface area (Å²) in [7, 11) is -4.58. The van der Waals surface area contributed by atoms with Crippen molar-refractivity contribution in [2.75, 3.05) is 18.4 Å². The van der Waals surface area contributed by atoms with Crippen molar-refractivity contribution in [2.24, 2.45) is 0 Å². The molecule has 1 atom stereocenters. The highest BCUT2D eigenvalue weighted by molar-refractivity contribution is 7.89. The summed E-state index contributed by atoms with van der Waals surface area (Å²) in [5.41, 5.74) is 3.66. The van der Waals surface area contributed by atoms with Gasteiger partial charge in [0.2, 0.25) is 10.0 Å². The van der Waals surface area contributed by atoms with Gasteiger partial charge in [-0.2, -0.15) is 9.40 Å². The number of nitrogens with one attached hydrogen (secondary N) is 1. The highest BCUT2D eigenvalue weighted by Crippen LogP contribution is 2.32. The molecular formula is C23H24N4O4S2. The van der Waals surface area contributed by atoms with Crippen molar-refractivity contribution in [3.8, 4) is 5.69 Å². The maximum absolute atomic E-state index is 13.1. The van der Waals surface area contributed by atoms with Crippen LogP contribution >= 0.6 is 0 Å². The van der Waals surface area contributed by atoms with Gasteiger partial charge in [0.1, 0.15) is 5.82 Å². The Bertz CT molecular complexity index is 1360. The number of hydrogen-bond acceptors (Lipinski definition) is 5. The molecule has 8 nitrogen and oxygen atoms in total. The van der Waals surface area contributed by atoms with E-state index in [2.05, 4.69) is 10.4 Å². The first-order valence-electron chi connectivity index (χ1n) is 10.8. The van der Waals surface area contributed by atoms with Gasteiger partial charge < -0.3 is 5.32 Å². The summed E-state index contributed by atoms with van der Waals surface area (Å²) in [5, 5.41) is 7.57. The number of aryl methyl sites for hydroxylation is 1. The first-order valence-corrected chi connectivity index (χ1v) is 13.7. The molecule has 2 aliphatic rings. The lowest BCUT2D eigenvalue weighted by Gasteiger charge is -2.16. The van der Waals surface area contributed by atoms with Crippen LogP contribution in [0.1, 0.15) is 40.0 Å². The van der Waals surface area contributed by atoms with E-state index in [0.717, 1.165) is 35.3 Å². The largest absolute Gasteiger partial charge is 0.306 e. The molecule has 0 aliphatic carbocycles. The van der Waals surface area contributed by atoms with E-state index in [-0.39, 0.29) is 10.8 Å². The number of nitrogens with zero attached hydrogens (tertiary/aromatic N) is 3. The molecule has 0 bridgehead atoms. The van der Waals surface area contributed by atoms with Crippen molar-refractivity contribution in [1.29, 1.82) is 0 Å². The van der Waals surface area contributed by atoms with Crippen molar-refractivity contribution in [3.63, 3.8) is 0 Å². The molecule has 1 saturated heterocycles. The zero-order valence-corrected chi connectivity index (χ0v) is 19.8.